The van der Waals surface area contributed by atoms with Crippen molar-refractivity contribution in [1.29, 1.82) is 0 Å². The van der Waals surface area contributed by atoms with Gasteiger partial charge in [-0.1, -0.05) is 0 Å². The smallest absolute Gasteiger partial charge is 0.406 e. The lowest BCUT2D eigenvalue weighted by Gasteiger charge is -2.21. The molecule has 1 unspecified atom stereocenters. The Morgan fingerprint density at radius 1 is 1.06 bits per heavy atom. The Morgan fingerprint density at radius 3 is 2.42 bits per heavy atom. The third kappa shape index (κ3) is 5.83. The van der Waals surface area contributed by atoms with E-state index in [4.69, 9.17) is 4.98 Å². The molecule has 2 aromatic carbocycles. The molecule has 1 atom stereocenters. The minimum atomic E-state index is -4.76. The summed E-state index contributed by atoms with van der Waals surface area (Å²) >= 11 is 0. The second-order valence-corrected chi connectivity index (χ2v) is 8.08. The van der Waals surface area contributed by atoms with Crippen LogP contribution in [0, 0.1) is 0 Å². The summed E-state index contributed by atoms with van der Waals surface area (Å²) < 4.78 is 40.5. The normalized spacial score (nSPS) is 16.3. The van der Waals surface area contributed by atoms with Crippen LogP contribution in [-0.2, 0) is 0 Å². The average Bonchev–Trinajstić information content (AvgIpc) is 3.24. The Balaban J connectivity index is 1.38. The van der Waals surface area contributed by atoms with Crippen molar-refractivity contribution in [2.24, 2.45) is 0 Å². The van der Waals surface area contributed by atoms with Crippen LogP contribution in [0.5, 0.6) is 5.75 Å². The maximum Gasteiger partial charge on any atom is 0.573 e. The van der Waals surface area contributed by atoms with Gasteiger partial charge in [0.15, 0.2) is 0 Å². The summed E-state index contributed by atoms with van der Waals surface area (Å²) in [6.45, 7) is 1.90. The quantitative estimate of drug-likeness (QED) is 0.567. The summed E-state index contributed by atoms with van der Waals surface area (Å²) in [4.78, 5) is 21.5. The average molecular weight is 459 g/mol. The van der Waals surface area contributed by atoms with Gasteiger partial charge >= 0.3 is 12.4 Å². The minimum absolute atomic E-state index is 0.329. The monoisotopic (exact) mass is 459 g/mol. The lowest BCUT2D eigenvalue weighted by molar-refractivity contribution is -0.274. The van der Waals surface area contributed by atoms with E-state index in [0.717, 1.165) is 48.4 Å². The van der Waals surface area contributed by atoms with Gasteiger partial charge in [-0.05, 0) is 75.1 Å². The van der Waals surface area contributed by atoms with Crippen LogP contribution in [0.1, 0.15) is 6.42 Å². The molecule has 2 amide bonds. The second kappa shape index (κ2) is 9.14. The Morgan fingerprint density at radius 2 is 1.76 bits per heavy atom. The van der Waals surface area contributed by atoms with Gasteiger partial charge in [0.05, 0.1) is 5.52 Å². The number of amides is 2. The number of carbonyl (C=O) groups excluding carboxylic acids is 1. The van der Waals surface area contributed by atoms with Gasteiger partial charge in [0.2, 0.25) is 0 Å². The molecule has 0 bridgehead atoms. The van der Waals surface area contributed by atoms with Gasteiger partial charge in [0.1, 0.15) is 11.6 Å². The van der Waals surface area contributed by atoms with Gasteiger partial charge in [-0.25, -0.2) is 9.78 Å². The van der Waals surface area contributed by atoms with Gasteiger partial charge < -0.3 is 25.2 Å². The highest BCUT2D eigenvalue weighted by atomic mass is 19.4. The first-order chi connectivity index (χ1) is 15.7. The zero-order chi connectivity index (χ0) is 23.6. The third-order valence-electron chi connectivity index (χ3n) is 5.50. The summed E-state index contributed by atoms with van der Waals surface area (Å²) in [5, 5.41) is 6.18. The number of fused-ring (bicyclic) bond motifs is 1. The van der Waals surface area contributed by atoms with Crippen LogP contribution in [0.2, 0.25) is 0 Å². The number of likely N-dealkylation sites (N-methyl/N-ethyl adjacent to an activating group) is 1. The van der Waals surface area contributed by atoms with E-state index >= 15 is 0 Å². The van der Waals surface area contributed by atoms with E-state index in [0.29, 0.717) is 17.4 Å². The Bertz CT molecular complexity index is 1140. The number of aromatic nitrogens is 1. The first kappa shape index (κ1) is 22.7. The van der Waals surface area contributed by atoms with Gasteiger partial charge in [-0.2, -0.15) is 0 Å². The van der Waals surface area contributed by atoms with Crippen LogP contribution >= 0.6 is 0 Å². The predicted molar refractivity (Wildman–Crippen MR) is 122 cm³/mol. The fourth-order valence-corrected chi connectivity index (χ4v) is 3.77. The maximum atomic E-state index is 12.3. The highest BCUT2D eigenvalue weighted by Gasteiger charge is 2.31. The van der Waals surface area contributed by atoms with Crippen molar-refractivity contribution in [1.82, 2.24) is 9.88 Å². The SMILES string of the molecule is CN(C)C1CCN(c2ccc3cc(NC(=O)Nc4ccc(OC(F)(F)F)cc4)ccc3n2)C1. The molecule has 1 aliphatic heterocycles. The summed E-state index contributed by atoms with van der Waals surface area (Å²) in [6, 6.07) is 14.3. The number of halogens is 3. The van der Waals surface area contributed by atoms with E-state index in [9.17, 15) is 18.0 Å². The number of anilines is 3. The Hall–Kier alpha value is -3.53. The molecule has 0 aliphatic carbocycles. The number of rotatable bonds is 5. The van der Waals surface area contributed by atoms with Gasteiger partial charge in [0.25, 0.3) is 0 Å². The number of urea groups is 1. The largest absolute Gasteiger partial charge is 0.573 e. The van der Waals surface area contributed by atoms with Crippen molar-refractivity contribution in [2.75, 3.05) is 42.7 Å². The molecule has 1 aromatic heterocycles. The van der Waals surface area contributed by atoms with E-state index in [1.165, 1.54) is 12.1 Å². The molecule has 3 aromatic rings. The molecule has 0 saturated carbocycles. The van der Waals surface area contributed by atoms with Crippen molar-refractivity contribution < 1.29 is 22.7 Å². The van der Waals surface area contributed by atoms with Crippen molar-refractivity contribution in [3.05, 3.63) is 54.6 Å². The standard InChI is InChI=1S/C23H24F3N5O2/c1-30(2)18-11-12-31(14-18)21-10-3-15-13-17(6-9-20(15)29-21)28-22(32)27-16-4-7-19(8-5-16)33-23(24,25)26/h3-10,13,18H,11-12,14H2,1-2H3,(H2,27,28,32). The van der Waals surface area contributed by atoms with Gasteiger partial charge in [0, 0.05) is 35.9 Å². The molecule has 1 saturated heterocycles. The van der Waals surface area contributed by atoms with Crippen LogP contribution in [-0.4, -0.2) is 55.5 Å². The molecular weight excluding hydrogens is 435 g/mol. The van der Waals surface area contributed by atoms with Crippen molar-refractivity contribution in [3.63, 3.8) is 0 Å². The number of carbonyl (C=O) groups is 1. The van der Waals surface area contributed by atoms with Crippen LogP contribution in [0.15, 0.2) is 54.6 Å². The molecule has 10 heteroatoms. The Labute approximate surface area is 189 Å². The first-order valence-corrected chi connectivity index (χ1v) is 10.4. The van der Waals surface area contributed by atoms with Crippen LogP contribution in [0.3, 0.4) is 0 Å². The molecule has 0 radical (unpaired) electrons. The minimum Gasteiger partial charge on any atom is -0.406 e. The lowest BCUT2D eigenvalue weighted by atomic mass is 10.2. The fourth-order valence-electron chi connectivity index (χ4n) is 3.77. The number of pyridine rings is 1. The highest BCUT2D eigenvalue weighted by molar-refractivity contribution is 6.01. The number of hydrogen-bond acceptors (Lipinski definition) is 5. The number of nitrogens with one attached hydrogen (secondary N) is 2. The predicted octanol–water partition coefficient (Wildman–Crippen LogP) is 4.92. The maximum absolute atomic E-state index is 12.3. The Kier molecular flexibility index (Phi) is 6.28. The number of hydrogen-bond donors (Lipinski definition) is 2. The van der Waals surface area contributed by atoms with E-state index in [1.807, 2.05) is 24.3 Å². The second-order valence-electron chi connectivity index (χ2n) is 8.08. The first-order valence-electron chi connectivity index (χ1n) is 10.4. The molecule has 4 rings (SSSR count). The molecule has 7 nitrogen and oxygen atoms in total. The van der Waals surface area contributed by atoms with Crippen LogP contribution in [0.4, 0.5) is 35.2 Å². The zero-order valence-electron chi connectivity index (χ0n) is 18.2. The van der Waals surface area contributed by atoms with Crippen LogP contribution in [0.25, 0.3) is 10.9 Å². The van der Waals surface area contributed by atoms with Gasteiger partial charge in [-0.15, -0.1) is 13.2 Å². The summed E-state index contributed by atoms with van der Waals surface area (Å²) in [7, 11) is 4.17. The van der Waals surface area contributed by atoms with E-state index in [2.05, 4.69) is 39.3 Å². The van der Waals surface area contributed by atoms with Crippen molar-refractivity contribution in [3.8, 4) is 5.75 Å². The third-order valence-corrected chi connectivity index (χ3v) is 5.50. The summed E-state index contributed by atoms with van der Waals surface area (Å²) in [6.07, 6.45) is -3.66. The topological polar surface area (TPSA) is 69.7 Å². The highest BCUT2D eigenvalue weighted by Crippen LogP contribution is 2.26. The van der Waals surface area contributed by atoms with Crippen molar-refractivity contribution >= 4 is 34.1 Å². The van der Waals surface area contributed by atoms with Gasteiger partial charge in [-0.3, -0.25) is 0 Å². The fraction of sp³-hybridized carbons (Fsp3) is 0.304. The molecule has 1 fully saturated rings. The lowest BCUT2D eigenvalue weighted by Crippen LogP contribution is -2.31. The number of benzene rings is 2. The van der Waals surface area contributed by atoms with Crippen LogP contribution < -0.4 is 20.3 Å². The van der Waals surface area contributed by atoms with E-state index in [-0.39, 0.29) is 5.75 Å². The summed E-state index contributed by atoms with van der Waals surface area (Å²) in [5.74, 6) is 0.573. The van der Waals surface area contributed by atoms with E-state index in [1.54, 1.807) is 6.07 Å². The molecule has 174 valence electrons. The van der Waals surface area contributed by atoms with E-state index < -0.39 is 12.4 Å². The van der Waals surface area contributed by atoms with Crippen molar-refractivity contribution in [2.45, 2.75) is 18.8 Å². The molecular formula is C23H24F3N5O2. The molecule has 1 aliphatic rings. The number of alkyl halides is 3. The summed E-state index contributed by atoms with van der Waals surface area (Å²) in [5.41, 5.74) is 1.73. The number of nitrogens with zero attached hydrogens (tertiary/aromatic N) is 3. The number of ether oxygens (including phenoxy) is 1. The molecule has 2 N–H and O–H groups in total. The molecule has 2 heterocycles. The molecule has 33 heavy (non-hydrogen) atoms. The zero-order valence-corrected chi connectivity index (χ0v) is 18.2. The molecule has 0 spiro atoms.